The molecule has 1 aromatic rings. The van der Waals surface area contributed by atoms with Gasteiger partial charge in [-0.25, -0.2) is 4.39 Å². The highest BCUT2D eigenvalue weighted by Gasteiger charge is 2.31. The molecular weight excluding hydrogens is 247 g/mol. The monoisotopic (exact) mass is 260 g/mol. The summed E-state index contributed by atoms with van der Waals surface area (Å²) < 4.78 is 24.0. The van der Waals surface area contributed by atoms with Crippen LogP contribution in [0.2, 0.25) is 5.02 Å². The van der Waals surface area contributed by atoms with Gasteiger partial charge in [-0.2, -0.15) is 0 Å². The average Bonchev–Trinajstić information content (AvgIpc) is 2.32. The third kappa shape index (κ3) is 3.09. The molecule has 94 valence electrons. The van der Waals surface area contributed by atoms with Crippen molar-refractivity contribution in [2.75, 3.05) is 19.8 Å². The maximum Gasteiger partial charge on any atom is 0.183 e. The van der Waals surface area contributed by atoms with Crippen LogP contribution in [-0.2, 0) is 4.74 Å². The van der Waals surface area contributed by atoms with E-state index in [0.29, 0.717) is 26.1 Å². The Balaban J connectivity index is 1.99. The molecule has 0 atom stereocenters. The maximum atomic E-state index is 13.5. The van der Waals surface area contributed by atoms with Crippen molar-refractivity contribution in [3.63, 3.8) is 0 Å². The molecule has 0 spiro atoms. The smallest absolute Gasteiger partial charge is 0.183 e. The zero-order valence-electron chi connectivity index (χ0n) is 9.29. The first-order chi connectivity index (χ1) is 8.11. The van der Waals surface area contributed by atoms with E-state index >= 15 is 0 Å². The minimum atomic E-state index is -0.937. The molecule has 1 aliphatic rings. The number of benzene rings is 1. The molecule has 1 fully saturated rings. The largest absolute Gasteiger partial charge is 0.487 e. The Morgan fingerprint density at radius 1 is 1.41 bits per heavy atom. The minimum absolute atomic E-state index is 0.0152. The first-order valence-corrected chi connectivity index (χ1v) is 5.85. The summed E-state index contributed by atoms with van der Waals surface area (Å²) in [6.07, 6.45) is 0.990. The fraction of sp³-hybridized carbons (Fsp3) is 0.500. The van der Waals surface area contributed by atoms with Crippen LogP contribution in [0.4, 0.5) is 4.39 Å². The molecule has 2 rings (SSSR count). The lowest BCUT2D eigenvalue weighted by atomic mass is 9.96. The van der Waals surface area contributed by atoms with E-state index in [1.54, 1.807) is 6.07 Å². The van der Waals surface area contributed by atoms with Crippen LogP contribution in [0.15, 0.2) is 18.2 Å². The van der Waals surface area contributed by atoms with Crippen molar-refractivity contribution in [1.82, 2.24) is 0 Å². The standard InChI is InChI=1S/C12H14ClFO3/c13-9-2-1-3-10(11(9)14)17-8-12(15)4-6-16-7-5-12/h1-3,15H,4-8H2. The molecule has 0 radical (unpaired) electrons. The highest BCUT2D eigenvalue weighted by Crippen LogP contribution is 2.27. The molecule has 0 bridgehead atoms. The first kappa shape index (κ1) is 12.6. The fourth-order valence-electron chi connectivity index (χ4n) is 1.70. The van der Waals surface area contributed by atoms with Crippen LogP contribution in [0.25, 0.3) is 0 Å². The molecule has 5 heteroatoms. The van der Waals surface area contributed by atoms with Crippen molar-refractivity contribution in [2.45, 2.75) is 18.4 Å². The van der Waals surface area contributed by atoms with Crippen LogP contribution in [0.3, 0.4) is 0 Å². The quantitative estimate of drug-likeness (QED) is 0.907. The van der Waals surface area contributed by atoms with Gasteiger partial charge < -0.3 is 14.6 Å². The van der Waals surface area contributed by atoms with E-state index in [4.69, 9.17) is 21.1 Å². The molecule has 0 saturated carbocycles. The molecule has 1 aliphatic heterocycles. The van der Waals surface area contributed by atoms with E-state index in [1.165, 1.54) is 12.1 Å². The van der Waals surface area contributed by atoms with Crippen molar-refractivity contribution in [3.05, 3.63) is 29.0 Å². The lowest BCUT2D eigenvalue weighted by molar-refractivity contribution is -0.0860. The molecule has 0 amide bonds. The molecule has 0 aliphatic carbocycles. The number of halogens is 2. The van der Waals surface area contributed by atoms with Gasteiger partial charge in [-0.15, -0.1) is 0 Å². The van der Waals surface area contributed by atoms with E-state index in [2.05, 4.69) is 0 Å². The first-order valence-electron chi connectivity index (χ1n) is 5.48. The predicted octanol–water partition coefficient (Wildman–Crippen LogP) is 2.40. The summed E-state index contributed by atoms with van der Waals surface area (Å²) in [5.41, 5.74) is -0.937. The second-order valence-corrected chi connectivity index (χ2v) is 4.58. The molecule has 0 unspecified atom stereocenters. The second-order valence-electron chi connectivity index (χ2n) is 4.18. The van der Waals surface area contributed by atoms with Gasteiger partial charge in [-0.05, 0) is 12.1 Å². The van der Waals surface area contributed by atoms with Gasteiger partial charge in [-0.3, -0.25) is 0 Å². The Kier molecular flexibility index (Phi) is 3.86. The number of hydrogen-bond acceptors (Lipinski definition) is 3. The van der Waals surface area contributed by atoms with Crippen LogP contribution in [-0.4, -0.2) is 30.5 Å². The van der Waals surface area contributed by atoms with Gasteiger partial charge in [0.15, 0.2) is 11.6 Å². The summed E-state index contributed by atoms with van der Waals surface area (Å²) in [5, 5.41) is 10.1. The molecule has 1 aromatic carbocycles. The van der Waals surface area contributed by atoms with Crippen molar-refractivity contribution in [2.24, 2.45) is 0 Å². The Morgan fingerprint density at radius 2 is 2.12 bits per heavy atom. The van der Waals surface area contributed by atoms with Crippen molar-refractivity contribution in [3.8, 4) is 5.75 Å². The second kappa shape index (κ2) is 5.21. The molecular formula is C12H14ClFO3. The topological polar surface area (TPSA) is 38.7 Å². The van der Waals surface area contributed by atoms with Crippen molar-refractivity contribution in [1.29, 1.82) is 0 Å². The van der Waals surface area contributed by atoms with E-state index in [-0.39, 0.29) is 17.4 Å². The molecule has 1 saturated heterocycles. The number of rotatable bonds is 3. The molecule has 3 nitrogen and oxygen atoms in total. The lowest BCUT2D eigenvalue weighted by Gasteiger charge is -2.31. The highest BCUT2D eigenvalue weighted by atomic mass is 35.5. The summed E-state index contributed by atoms with van der Waals surface area (Å²) in [7, 11) is 0. The predicted molar refractivity (Wildman–Crippen MR) is 61.9 cm³/mol. The van der Waals surface area contributed by atoms with Gasteiger partial charge in [0.05, 0.1) is 5.02 Å². The van der Waals surface area contributed by atoms with Gasteiger partial charge in [0.25, 0.3) is 0 Å². The maximum absolute atomic E-state index is 13.5. The summed E-state index contributed by atoms with van der Waals surface area (Å²) in [4.78, 5) is 0. The Labute approximate surface area is 104 Å². The van der Waals surface area contributed by atoms with Crippen LogP contribution in [0.5, 0.6) is 5.75 Å². The number of hydrogen-bond donors (Lipinski definition) is 1. The third-order valence-electron chi connectivity index (χ3n) is 2.84. The van der Waals surface area contributed by atoms with Crippen LogP contribution >= 0.6 is 11.6 Å². The van der Waals surface area contributed by atoms with Gasteiger partial charge in [-0.1, -0.05) is 17.7 Å². The van der Waals surface area contributed by atoms with Crippen LogP contribution in [0.1, 0.15) is 12.8 Å². The molecule has 0 aromatic heterocycles. The number of ether oxygens (including phenoxy) is 2. The van der Waals surface area contributed by atoms with Gasteiger partial charge >= 0.3 is 0 Å². The van der Waals surface area contributed by atoms with Crippen LogP contribution in [0, 0.1) is 5.82 Å². The summed E-state index contributed by atoms with van der Waals surface area (Å²) >= 11 is 5.63. The fourth-order valence-corrected chi connectivity index (χ4v) is 1.87. The van der Waals surface area contributed by atoms with E-state index in [0.717, 1.165) is 0 Å². The summed E-state index contributed by atoms with van der Waals surface area (Å²) in [6.45, 7) is 1.05. The van der Waals surface area contributed by atoms with E-state index in [9.17, 15) is 9.50 Å². The Bertz CT molecular complexity index is 391. The van der Waals surface area contributed by atoms with Crippen molar-refractivity contribution >= 4 is 11.6 Å². The lowest BCUT2D eigenvalue weighted by Crippen LogP contribution is -2.41. The van der Waals surface area contributed by atoms with Gasteiger partial charge in [0.1, 0.15) is 12.2 Å². The van der Waals surface area contributed by atoms with Crippen LogP contribution < -0.4 is 4.74 Å². The average molecular weight is 261 g/mol. The SMILES string of the molecule is OC1(COc2cccc(Cl)c2F)CCOCC1. The van der Waals surface area contributed by atoms with E-state index in [1.807, 2.05) is 0 Å². The Hall–Kier alpha value is -0.840. The van der Waals surface area contributed by atoms with Gasteiger partial charge in [0.2, 0.25) is 0 Å². The Morgan fingerprint density at radius 3 is 2.82 bits per heavy atom. The summed E-state index contributed by atoms with van der Waals surface area (Å²) in [6, 6.07) is 4.55. The molecule has 1 heterocycles. The highest BCUT2D eigenvalue weighted by molar-refractivity contribution is 6.30. The molecule has 17 heavy (non-hydrogen) atoms. The van der Waals surface area contributed by atoms with Crippen molar-refractivity contribution < 1.29 is 19.0 Å². The zero-order chi connectivity index (χ0) is 12.3. The van der Waals surface area contributed by atoms with E-state index < -0.39 is 11.4 Å². The summed E-state index contributed by atoms with van der Waals surface area (Å²) in [5.74, 6) is -0.526. The number of aliphatic hydroxyl groups is 1. The molecule has 1 N–H and O–H groups in total. The minimum Gasteiger partial charge on any atom is -0.487 e. The normalized spacial score (nSPS) is 19.0. The van der Waals surface area contributed by atoms with Gasteiger partial charge in [0, 0.05) is 26.1 Å². The zero-order valence-corrected chi connectivity index (χ0v) is 10.0. The third-order valence-corrected chi connectivity index (χ3v) is 3.13.